The standard InChI is InChI=1S/C20H38O5/c1-5-23-20(24-6-2,25-7-3)18-16-14-12-10-8-9-11-13-15-17-19(21)22-4/h15,17H,5-14,16,18H2,1-4H3. The van der Waals surface area contributed by atoms with E-state index < -0.39 is 5.97 Å². The summed E-state index contributed by atoms with van der Waals surface area (Å²) < 4.78 is 21.8. The van der Waals surface area contributed by atoms with Crippen LogP contribution in [0.2, 0.25) is 0 Å². The number of hydrogen-bond donors (Lipinski definition) is 0. The summed E-state index contributed by atoms with van der Waals surface area (Å²) in [6.07, 6.45) is 13.3. The van der Waals surface area contributed by atoms with Crippen LogP contribution in [-0.4, -0.2) is 38.9 Å². The first-order valence-corrected chi connectivity index (χ1v) is 9.80. The minimum atomic E-state index is -0.857. The Morgan fingerprint density at radius 3 is 1.76 bits per heavy atom. The van der Waals surface area contributed by atoms with Crippen molar-refractivity contribution in [1.29, 1.82) is 0 Å². The number of allylic oxidation sites excluding steroid dienone is 1. The number of methoxy groups -OCH3 is 1. The van der Waals surface area contributed by atoms with Gasteiger partial charge in [0.2, 0.25) is 0 Å². The van der Waals surface area contributed by atoms with Gasteiger partial charge in [-0.25, -0.2) is 4.79 Å². The SMILES string of the molecule is CCOC(CCCCCCCCCC=CC(=O)OC)(OCC)OCC. The minimum Gasteiger partial charge on any atom is -0.466 e. The molecule has 0 saturated heterocycles. The first-order chi connectivity index (χ1) is 12.1. The Morgan fingerprint density at radius 2 is 1.28 bits per heavy atom. The number of ether oxygens (including phenoxy) is 4. The fraction of sp³-hybridized carbons (Fsp3) is 0.850. The highest BCUT2D eigenvalue weighted by atomic mass is 16.9. The first kappa shape index (κ1) is 24.1. The summed E-state index contributed by atoms with van der Waals surface area (Å²) in [5.41, 5.74) is 0. The number of rotatable bonds is 17. The fourth-order valence-corrected chi connectivity index (χ4v) is 2.74. The van der Waals surface area contributed by atoms with Crippen molar-refractivity contribution in [2.75, 3.05) is 26.9 Å². The van der Waals surface area contributed by atoms with Crippen LogP contribution in [0, 0.1) is 0 Å². The van der Waals surface area contributed by atoms with Crippen LogP contribution in [0.25, 0.3) is 0 Å². The smallest absolute Gasteiger partial charge is 0.330 e. The lowest BCUT2D eigenvalue weighted by molar-refractivity contribution is -0.380. The van der Waals surface area contributed by atoms with Gasteiger partial charge < -0.3 is 18.9 Å². The molecule has 0 atom stereocenters. The summed E-state index contributed by atoms with van der Waals surface area (Å²) in [5, 5.41) is 0. The number of esters is 1. The van der Waals surface area contributed by atoms with Crippen molar-refractivity contribution in [3.8, 4) is 0 Å². The van der Waals surface area contributed by atoms with Crippen LogP contribution in [0.1, 0.15) is 78.6 Å². The van der Waals surface area contributed by atoms with Gasteiger partial charge in [0, 0.05) is 32.3 Å². The molecule has 0 bridgehead atoms. The third kappa shape index (κ3) is 13.0. The van der Waals surface area contributed by atoms with E-state index in [0.29, 0.717) is 19.8 Å². The highest BCUT2D eigenvalue weighted by Crippen LogP contribution is 2.24. The van der Waals surface area contributed by atoms with E-state index in [1.807, 2.05) is 26.8 Å². The van der Waals surface area contributed by atoms with Crippen molar-refractivity contribution in [2.45, 2.75) is 84.5 Å². The molecule has 0 heterocycles. The molecular weight excluding hydrogens is 320 g/mol. The maximum absolute atomic E-state index is 10.9. The van der Waals surface area contributed by atoms with Gasteiger partial charge in [0.05, 0.1) is 7.11 Å². The van der Waals surface area contributed by atoms with Gasteiger partial charge in [-0.15, -0.1) is 0 Å². The molecule has 0 aliphatic carbocycles. The van der Waals surface area contributed by atoms with Crippen LogP contribution in [0.15, 0.2) is 12.2 Å². The van der Waals surface area contributed by atoms with Crippen LogP contribution in [-0.2, 0) is 23.7 Å². The second-order valence-corrected chi connectivity index (χ2v) is 5.92. The maximum atomic E-state index is 10.9. The first-order valence-electron chi connectivity index (χ1n) is 9.80. The predicted molar refractivity (Wildman–Crippen MR) is 100 cm³/mol. The van der Waals surface area contributed by atoms with Crippen molar-refractivity contribution >= 4 is 5.97 Å². The fourth-order valence-electron chi connectivity index (χ4n) is 2.74. The predicted octanol–water partition coefficient (Wildman–Crippen LogP) is 4.99. The average molecular weight is 359 g/mol. The molecule has 5 heteroatoms. The molecule has 25 heavy (non-hydrogen) atoms. The summed E-state index contributed by atoms with van der Waals surface area (Å²) in [6.45, 7) is 7.66. The van der Waals surface area contributed by atoms with E-state index in [0.717, 1.165) is 32.1 Å². The molecule has 0 aromatic heterocycles. The highest BCUT2D eigenvalue weighted by Gasteiger charge is 2.31. The quantitative estimate of drug-likeness (QED) is 0.159. The van der Waals surface area contributed by atoms with Gasteiger partial charge in [0.15, 0.2) is 0 Å². The molecule has 0 rings (SSSR count). The molecule has 0 unspecified atom stereocenters. The Morgan fingerprint density at radius 1 is 0.800 bits per heavy atom. The lowest BCUT2D eigenvalue weighted by Crippen LogP contribution is -2.39. The molecule has 0 aliphatic heterocycles. The van der Waals surface area contributed by atoms with Crippen LogP contribution in [0.5, 0.6) is 0 Å². The van der Waals surface area contributed by atoms with Gasteiger partial charge in [0.25, 0.3) is 5.97 Å². The highest BCUT2D eigenvalue weighted by molar-refractivity contribution is 5.81. The summed E-state index contributed by atoms with van der Waals surface area (Å²) in [5.74, 6) is -1.13. The Balaban J connectivity index is 3.72. The van der Waals surface area contributed by atoms with Crippen LogP contribution in [0.4, 0.5) is 0 Å². The normalized spacial score (nSPS) is 12.0. The Hall–Kier alpha value is -0.910. The van der Waals surface area contributed by atoms with Gasteiger partial charge in [-0.05, 0) is 40.0 Å². The molecule has 0 spiro atoms. The molecule has 0 N–H and O–H groups in total. The molecule has 0 saturated carbocycles. The van der Waals surface area contributed by atoms with E-state index in [2.05, 4.69) is 4.74 Å². The third-order valence-electron chi connectivity index (χ3n) is 3.90. The van der Waals surface area contributed by atoms with Crippen molar-refractivity contribution in [3.05, 3.63) is 12.2 Å². The van der Waals surface area contributed by atoms with E-state index in [1.165, 1.54) is 38.9 Å². The topological polar surface area (TPSA) is 54.0 Å². The average Bonchev–Trinajstić information content (AvgIpc) is 2.60. The lowest BCUT2D eigenvalue weighted by Gasteiger charge is -2.32. The summed E-state index contributed by atoms with van der Waals surface area (Å²) in [7, 11) is 1.40. The van der Waals surface area contributed by atoms with E-state index in [9.17, 15) is 4.79 Å². The van der Waals surface area contributed by atoms with Gasteiger partial charge in [0.1, 0.15) is 0 Å². The largest absolute Gasteiger partial charge is 0.466 e. The number of carbonyl (C=O) groups is 1. The van der Waals surface area contributed by atoms with Crippen LogP contribution >= 0.6 is 0 Å². The second kappa shape index (κ2) is 16.6. The monoisotopic (exact) mass is 358 g/mol. The van der Waals surface area contributed by atoms with Gasteiger partial charge in [-0.2, -0.15) is 0 Å². The molecule has 0 fully saturated rings. The molecule has 0 amide bonds. The molecule has 0 radical (unpaired) electrons. The van der Waals surface area contributed by atoms with Gasteiger partial charge in [-0.3, -0.25) is 0 Å². The van der Waals surface area contributed by atoms with Gasteiger partial charge >= 0.3 is 5.97 Å². The molecule has 0 aromatic carbocycles. The Bertz CT molecular complexity index is 324. The van der Waals surface area contributed by atoms with Gasteiger partial charge in [-0.1, -0.05) is 38.2 Å². The Kier molecular flexibility index (Phi) is 16.0. The Labute approximate surface area is 154 Å². The summed E-state index contributed by atoms with van der Waals surface area (Å²) >= 11 is 0. The van der Waals surface area contributed by atoms with Crippen LogP contribution < -0.4 is 0 Å². The van der Waals surface area contributed by atoms with E-state index in [4.69, 9.17) is 14.2 Å². The minimum absolute atomic E-state index is 0.276. The van der Waals surface area contributed by atoms with Crippen LogP contribution in [0.3, 0.4) is 0 Å². The van der Waals surface area contributed by atoms with Crippen molar-refractivity contribution in [3.63, 3.8) is 0 Å². The third-order valence-corrected chi connectivity index (χ3v) is 3.90. The molecular formula is C20H38O5. The zero-order chi connectivity index (χ0) is 18.8. The summed E-state index contributed by atoms with van der Waals surface area (Å²) in [6, 6.07) is 0. The van der Waals surface area contributed by atoms with E-state index in [-0.39, 0.29) is 5.97 Å². The number of hydrogen-bond acceptors (Lipinski definition) is 5. The molecule has 5 nitrogen and oxygen atoms in total. The second-order valence-electron chi connectivity index (χ2n) is 5.92. The van der Waals surface area contributed by atoms with E-state index in [1.54, 1.807) is 0 Å². The maximum Gasteiger partial charge on any atom is 0.330 e. The zero-order valence-electron chi connectivity index (χ0n) is 16.7. The van der Waals surface area contributed by atoms with Crippen molar-refractivity contribution < 1.29 is 23.7 Å². The van der Waals surface area contributed by atoms with Crippen molar-refractivity contribution in [2.24, 2.45) is 0 Å². The lowest BCUT2D eigenvalue weighted by atomic mass is 10.1. The van der Waals surface area contributed by atoms with Crippen molar-refractivity contribution in [1.82, 2.24) is 0 Å². The molecule has 0 aromatic rings. The number of carbonyl (C=O) groups excluding carboxylic acids is 1. The summed E-state index contributed by atoms with van der Waals surface area (Å²) in [4.78, 5) is 10.9. The molecule has 0 aliphatic rings. The molecule has 148 valence electrons. The zero-order valence-corrected chi connectivity index (χ0v) is 16.7. The number of unbranched alkanes of at least 4 members (excludes halogenated alkanes) is 7. The van der Waals surface area contributed by atoms with E-state index >= 15 is 0 Å².